The fourth-order valence-electron chi connectivity index (χ4n) is 0.862. The maximum absolute atomic E-state index is 11.2. The van der Waals surface area contributed by atoms with Gasteiger partial charge in [-0.1, -0.05) is 0 Å². The first-order chi connectivity index (χ1) is 6.97. The van der Waals surface area contributed by atoms with Crippen LogP contribution in [0.5, 0.6) is 0 Å². The van der Waals surface area contributed by atoms with E-state index >= 15 is 0 Å². The molecule has 0 saturated carbocycles. The maximum atomic E-state index is 11.2. The number of ether oxygens (including phenoxy) is 1. The number of amides is 1. The number of carbonyl (C=O) groups excluding carboxylic acids is 2. The fraction of sp³-hybridized carbons (Fsp3) is 0.778. The van der Waals surface area contributed by atoms with Crippen molar-refractivity contribution >= 4 is 23.6 Å². The molecule has 5 nitrogen and oxygen atoms in total. The van der Waals surface area contributed by atoms with Crippen molar-refractivity contribution in [3.05, 3.63) is 0 Å². The second-order valence-corrected chi connectivity index (χ2v) is 4.40. The molecule has 6 heteroatoms. The van der Waals surface area contributed by atoms with Crippen molar-refractivity contribution in [2.45, 2.75) is 25.9 Å². The summed E-state index contributed by atoms with van der Waals surface area (Å²) >= 11 is 1.32. The van der Waals surface area contributed by atoms with Crippen LogP contribution in [0.4, 0.5) is 0 Å². The SMILES string of the molecule is COC(=O)C(N)CSCC(=O)NC(C)C. The average molecular weight is 234 g/mol. The van der Waals surface area contributed by atoms with E-state index in [1.54, 1.807) is 0 Å². The zero-order valence-electron chi connectivity index (χ0n) is 9.28. The lowest BCUT2D eigenvalue weighted by molar-refractivity contribution is -0.141. The number of nitrogens with two attached hydrogens (primary N) is 1. The molecule has 0 saturated heterocycles. The second kappa shape index (κ2) is 7.53. The van der Waals surface area contributed by atoms with Crippen LogP contribution in [0.15, 0.2) is 0 Å². The topological polar surface area (TPSA) is 81.4 Å². The van der Waals surface area contributed by atoms with Crippen LogP contribution in [0.2, 0.25) is 0 Å². The van der Waals surface area contributed by atoms with Crippen LogP contribution in [-0.2, 0) is 14.3 Å². The zero-order chi connectivity index (χ0) is 11.8. The Morgan fingerprint density at radius 1 is 1.47 bits per heavy atom. The van der Waals surface area contributed by atoms with Crippen LogP contribution >= 0.6 is 11.8 Å². The minimum absolute atomic E-state index is 0.0490. The number of rotatable bonds is 6. The van der Waals surface area contributed by atoms with Gasteiger partial charge in [-0.05, 0) is 13.8 Å². The number of nitrogens with one attached hydrogen (secondary N) is 1. The molecular formula is C9H18N2O3S. The highest BCUT2D eigenvalue weighted by Crippen LogP contribution is 2.02. The Bertz CT molecular complexity index is 221. The van der Waals surface area contributed by atoms with E-state index < -0.39 is 12.0 Å². The van der Waals surface area contributed by atoms with Gasteiger partial charge in [-0.15, -0.1) is 11.8 Å². The third-order valence-electron chi connectivity index (χ3n) is 1.48. The Morgan fingerprint density at radius 2 is 2.07 bits per heavy atom. The van der Waals surface area contributed by atoms with E-state index in [4.69, 9.17) is 5.73 Å². The van der Waals surface area contributed by atoms with Crippen molar-refractivity contribution < 1.29 is 14.3 Å². The standard InChI is InChI=1S/C9H18N2O3S/c1-6(2)11-8(12)5-15-4-7(10)9(13)14-3/h6-7H,4-5,10H2,1-3H3,(H,11,12). The fourth-order valence-corrected chi connectivity index (χ4v) is 1.64. The summed E-state index contributed by atoms with van der Waals surface area (Å²) in [5.74, 6) is 0.194. The van der Waals surface area contributed by atoms with Gasteiger partial charge in [-0.2, -0.15) is 0 Å². The van der Waals surface area contributed by atoms with E-state index in [1.807, 2.05) is 13.8 Å². The molecule has 1 amide bonds. The number of methoxy groups -OCH3 is 1. The van der Waals surface area contributed by atoms with Crippen molar-refractivity contribution in [1.82, 2.24) is 5.32 Å². The molecule has 1 unspecified atom stereocenters. The number of hydrogen-bond donors (Lipinski definition) is 2. The van der Waals surface area contributed by atoms with Crippen molar-refractivity contribution in [1.29, 1.82) is 0 Å². The summed E-state index contributed by atoms with van der Waals surface area (Å²) in [6, 6.07) is -0.528. The van der Waals surface area contributed by atoms with E-state index in [1.165, 1.54) is 18.9 Å². The lowest BCUT2D eigenvalue weighted by Crippen LogP contribution is -2.35. The highest BCUT2D eigenvalue weighted by Gasteiger charge is 2.14. The predicted octanol–water partition coefficient (Wildman–Crippen LogP) is -0.255. The molecule has 0 radical (unpaired) electrons. The van der Waals surface area contributed by atoms with E-state index in [0.717, 1.165) is 0 Å². The van der Waals surface area contributed by atoms with Crippen LogP contribution in [0.25, 0.3) is 0 Å². The Hall–Kier alpha value is -0.750. The number of thioether (sulfide) groups is 1. The van der Waals surface area contributed by atoms with E-state index in [2.05, 4.69) is 10.1 Å². The monoisotopic (exact) mass is 234 g/mol. The molecular weight excluding hydrogens is 216 g/mol. The summed E-state index contributed by atoms with van der Waals surface area (Å²) in [7, 11) is 1.29. The van der Waals surface area contributed by atoms with Crippen molar-refractivity contribution in [3.8, 4) is 0 Å². The average Bonchev–Trinajstić information content (AvgIpc) is 2.15. The molecule has 0 aromatic rings. The van der Waals surface area contributed by atoms with Gasteiger partial charge in [0.15, 0.2) is 0 Å². The summed E-state index contributed by atoms with van der Waals surface area (Å²) in [4.78, 5) is 22.1. The molecule has 0 bridgehead atoms. The molecule has 0 aromatic heterocycles. The van der Waals surface area contributed by atoms with Crippen molar-refractivity contribution in [3.63, 3.8) is 0 Å². The normalized spacial score (nSPS) is 12.3. The van der Waals surface area contributed by atoms with E-state index in [-0.39, 0.29) is 11.9 Å². The Balaban J connectivity index is 3.61. The van der Waals surface area contributed by atoms with Gasteiger partial charge < -0.3 is 15.8 Å². The molecule has 88 valence electrons. The minimum Gasteiger partial charge on any atom is -0.468 e. The molecule has 0 aliphatic rings. The summed E-state index contributed by atoms with van der Waals surface area (Å²) in [5.41, 5.74) is 5.49. The summed E-state index contributed by atoms with van der Waals surface area (Å²) in [5, 5.41) is 2.74. The first kappa shape index (κ1) is 14.2. The van der Waals surface area contributed by atoms with Gasteiger partial charge >= 0.3 is 5.97 Å². The molecule has 0 aliphatic heterocycles. The lowest BCUT2D eigenvalue weighted by Gasteiger charge is -2.10. The third kappa shape index (κ3) is 7.21. The van der Waals surface area contributed by atoms with Gasteiger partial charge in [-0.25, -0.2) is 0 Å². The van der Waals surface area contributed by atoms with E-state index in [0.29, 0.717) is 11.5 Å². The first-order valence-corrected chi connectivity index (χ1v) is 5.83. The molecule has 0 aliphatic carbocycles. The quantitative estimate of drug-likeness (QED) is 0.619. The predicted molar refractivity (Wildman–Crippen MR) is 60.6 cm³/mol. The van der Waals surface area contributed by atoms with E-state index in [9.17, 15) is 9.59 Å². The Kier molecular flexibility index (Phi) is 7.15. The first-order valence-electron chi connectivity index (χ1n) is 4.68. The van der Waals surface area contributed by atoms with Crippen molar-refractivity contribution in [2.24, 2.45) is 5.73 Å². The largest absolute Gasteiger partial charge is 0.468 e. The number of carbonyl (C=O) groups is 2. The van der Waals surface area contributed by atoms with Crippen LogP contribution in [0.1, 0.15) is 13.8 Å². The van der Waals surface area contributed by atoms with Gasteiger partial charge in [0.05, 0.1) is 12.9 Å². The molecule has 0 aromatic carbocycles. The Labute approximate surface area is 94.1 Å². The summed E-state index contributed by atoms with van der Waals surface area (Å²) in [6.07, 6.45) is 0. The third-order valence-corrected chi connectivity index (χ3v) is 2.55. The molecule has 0 fully saturated rings. The Morgan fingerprint density at radius 3 is 2.53 bits per heavy atom. The number of hydrogen-bond acceptors (Lipinski definition) is 5. The highest BCUT2D eigenvalue weighted by molar-refractivity contribution is 8.00. The molecule has 3 N–H and O–H groups in total. The molecule has 0 rings (SSSR count). The van der Waals surface area contributed by atoms with Gasteiger partial charge in [0.2, 0.25) is 5.91 Å². The van der Waals surface area contributed by atoms with Crippen LogP contribution in [0.3, 0.4) is 0 Å². The summed E-state index contributed by atoms with van der Waals surface area (Å²) < 4.78 is 4.46. The number of esters is 1. The molecule has 0 spiro atoms. The van der Waals surface area contributed by atoms with Crippen LogP contribution in [0, 0.1) is 0 Å². The van der Waals surface area contributed by atoms with Crippen LogP contribution in [-0.4, -0.2) is 42.6 Å². The van der Waals surface area contributed by atoms with Crippen molar-refractivity contribution in [2.75, 3.05) is 18.6 Å². The smallest absolute Gasteiger partial charge is 0.323 e. The molecule has 1 atom stereocenters. The minimum atomic E-state index is -0.660. The maximum Gasteiger partial charge on any atom is 0.323 e. The lowest BCUT2D eigenvalue weighted by atomic mass is 10.4. The zero-order valence-corrected chi connectivity index (χ0v) is 10.1. The van der Waals surface area contributed by atoms with Crippen LogP contribution < -0.4 is 11.1 Å². The molecule has 0 heterocycles. The second-order valence-electron chi connectivity index (χ2n) is 3.37. The van der Waals surface area contributed by atoms with Gasteiger partial charge in [0.25, 0.3) is 0 Å². The van der Waals surface area contributed by atoms with Gasteiger partial charge in [0.1, 0.15) is 6.04 Å². The highest BCUT2D eigenvalue weighted by atomic mass is 32.2. The summed E-state index contributed by atoms with van der Waals surface area (Å²) in [6.45, 7) is 3.78. The van der Waals surface area contributed by atoms with Gasteiger partial charge in [0, 0.05) is 11.8 Å². The molecule has 15 heavy (non-hydrogen) atoms. The van der Waals surface area contributed by atoms with Gasteiger partial charge in [-0.3, -0.25) is 9.59 Å².